The van der Waals surface area contributed by atoms with Crippen LogP contribution in [0.2, 0.25) is 0 Å². The Morgan fingerprint density at radius 1 is 1.07 bits per heavy atom. The highest BCUT2D eigenvalue weighted by molar-refractivity contribution is 5.84. The van der Waals surface area contributed by atoms with Crippen molar-refractivity contribution in [1.82, 2.24) is 4.68 Å². The van der Waals surface area contributed by atoms with E-state index in [1.807, 2.05) is 18.4 Å². The van der Waals surface area contributed by atoms with E-state index >= 15 is 0 Å². The Bertz CT molecular complexity index is 532. The molecule has 2 aromatic rings. The lowest BCUT2D eigenvalue weighted by molar-refractivity contribution is 0.996. The third-order valence-electron chi connectivity index (χ3n) is 2.42. The first-order valence-corrected chi connectivity index (χ1v) is 4.65. The molecular weight excluding hydrogens is 172 g/mol. The predicted octanol–water partition coefficient (Wildman–Crippen LogP) is 2.73. The molecule has 0 saturated carbocycles. The van der Waals surface area contributed by atoms with Crippen LogP contribution < -0.4 is 5.43 Å². The topological polar surface area (TPSA) is 17.0 Å². The van der Waals surface area contributed by atoms with Crippen molar-refractivity contribution >= 4 is 17.0 Å². The fourth-order valence-electron chi connectivity index (χ4n) is 1.77. The molecule has 2 heterocycles. The SMILES string of the molecule is C1=CNn2c(cc3ccccc32)C=C1. The van der Waals surface area contributed by atoms with E-state index in [-0.39, 0.29) is 0 Å². The van der Waals surface area contributed by atoms with Gasteiger partial charge in [-0.2, -0.15) is 0 Å². The zero-order chi connectivity index (χ0) is 9.38. The fraction of sp³-hybridized carbons (Fsp3) is 0. The predicted molar refractivity (Wildman–Crippen MR) is 59.5 cm³/mol. The number of rotatable bonds is 0. The van der Waals surface area contributed by atoms with E-state index in [2.05, 4.69) is 46.5 Å². The molecule has 0 bridgehead atoms. The normalized spacial score (nSPS) is 13.7. The van der Waals surface area contributed by atoms with Crippen molar-refractivity contribution in [2.24, 2.45) is 0 Å². The minimum absolute atomic E-state index is 1.18. The summed E-state index contributed by atoms with van der Waals surface area (Å²) in [5, 5.41) is 1.26. The van der Waals surface area contributed by atoms with Crippen molar-refractivity contribution in [3.05, 3.63) is 54.4 Å². The number of benzene rings is 1. The number of para-hydroxylation sites is 1. The summed E-state index contributed by atoms with van der Waals surface area (Å²) >= 11 is 0. The van der Waals surface area contributed by atoms with E-state index in [1.165, 1.54) is 16.6 Å². The van der Waals surface area contributed by atoms with Gasteiger partial charge in [0, 0.05) is 11.6 Å². The van der Waals surface area contributed by atoms with Gasteiger partial charge >= 0.3 is 0 Å². The van der Waals surface area contributed by atoms with E-state index in [9.17, 15) is 0 Å². The Kier molecular flexibility index (Phi) is 1.47. The van der Waals surface area contributed by atoms with E-state index in [4.69, 9.17) is 0 Å². The molecule has 1 aliphatic heterocycles. The van der Waals surface area contributed by atoms with E-state index in [0.717, 1.165) is 0 Å². The Hall–Kier alpha value is -1.96. The van der Waals surface area contributed by atoms with Gasteiger partial charge in [-0.1, -0.05) is 24.3 Å². The third kappa shape index (κ3) is 0.973. The van der Waals surface area contributed by atoms with Crippen LogP contribution in [0.3, 0.4) is 0 Å². The summed E-state index contributed by atoms with van der Waals surface area (Å²) in [5.74, 6) is 0. The van der Waals surface area contributed by atoms with Crippen molar-refractivity contribution in [3.63, 3.8) is 0 Å². The number of hydrogen-bond donors (Lipinski definition) is 1. The van der Waals surface area contributed by atoms with Crippen molar-refractivity contribution < 1.29 is 0 Å². The van der Waals surface area contributed by atoms with Gasteiger partial charge in [0.05, 0.1) is 11.2 Å². The van der Waals surface area contributed by atoms with Crippen LogP contribution in [0.4, 0.5) is 0 Å². The molecule has 3 rings (SSSR count). The van der Waals surface area contributed by atoms with Gasteiger partial charge < -0.3 is 5.43 Å². The molecule has 68 valence electrons. The van der Waals surface area contributed by atoms with E-state index < -0.39 is 0 Å². The summed E-state index contributed by atoms with van der Waals surface area (Å²) < 4.78 is 2.08. The summed E-state index contributed by atoms with van der Waals surface area (Å²) in [6.45, 7) is 0. The number of nitrogens with one attached hydrogen (secondary N) is 1. The average Bonchev–Trinajstić information content (AvgIpc) is 2.42. The summed E-state index contributed by atoms with van der Waals surface area (Å²) in [4.78, 5) is 0. The lowest BCUT2D eigenvalue weighted by Gasteiger charge is -2.05. The number of fused-ring (bicyclic) bond motifs is 3. The maximum absolute atomic E-state index is 3.22. The highest BCUT2D eigenvalue weighted by Crippen LogP contribution is 2.20. The molecule has 0 fully saturated rings. The molecule has 1 aromatic carbocycles. The molecule has 1 aromatic heterocycles. The second-order valence-corrected chi connectivity index (χ2v) is 3.31. The first kappa shape index (κ1) is 7.44. The lowest BCUT2D eigenvalue weighted by atomic mass is 10.2. The van der Waals surface area contributed by atoms with Gasteiger partial charge in [-0.15, -0.1) is 0 Å². The second-order valence-electron chi connectivity index (χ2n) is 3.31. The molecule has 2 heteroatoms. The van der Waals surface area contributed by atoms with Crippen LogP contribution in [0.5, 0.6) is 0 Å². The molecule has 0 atom stereocenters. The van der Waals surface area contributed by atoms with Crippen molar-refractivity contribution in [3.8, 4) is 0 Å². The van der Waals surface area contributed by atoms with Crippen LogP contribution in [0.25, 0.3) is 17.0 Å². The number of aromatic nitrogens is 1. The zero-order valence-electron chi connectivity index (χ0n) is 7.64. The monoisotopic (exact) mass is 182 g/mol. The third-order valence-corrected chi connectivity index (χ3v) is 2.42. The molecule has 0 saturated heterocycles. The molecule has 0 radical (unpaired) electrons. The molecule has 0 aliphatic carbocycles. The Morgan fingerprint density at radius 3 is 3.00 bits per heavy atom. The van der Waals surface area contributed by atoms with Crippen molar-refractivity contribution in [2.45, 2.75) is 0 Å². The minimum Gasteiger partial charge on any atom is -0.301 e. The quantitative estimate of drug-likeness (QED) is 0.662. The smallest absolute Gasteiger partial charge is 0.0703 e. The van der Waals surface area contributed by atoms with Crippen LogP contribution in [0.15, 0.2) is 48.7 Å². The van der Waals surface area contributed by atoms with Crippen LogP contribution >= 0.6 is 0 Å². The molecule has 14 heavy (non-hydrogen) atoms. The van der Waals surface area contributed by atoms with Gasteiger partial charge in [0.15, 0.2) is 0 Å². The van der Waals surface area contributed by atoms with E-state index in [0.29, 0.717) is 0 Å². The number of hydrogen-bond acceptors (Lipinski definition) is 1. The van der Waals surface area contributed by atoms with Crippen molar-refractivity contribution in [2.75, 3.05) is 5.43 Å². The number of nitrogens with zero attached hydrogens (tertiary/aromatic N) is 1. The first-order chi connectivity index (χ1) is 6.95. The number of allylic oxidation sites excluding steroid dienone is 2. The van der Waals surface area contributed by atoms with Crippen LogP contribution in [0, 0.1) is 0 Å². The molecular formula is C12H10N2. The van der Waals surface area contributed by atoms with Gasteiger partial charge in [0.25, 0.3) is 0 Å². The lowest BCUT2D eigenvalue weighted by Crippen LogP contribution is -2.07. The highest BCUT2D eigenvalue weighted by Gasteiger charge is 2.05. The maximum Gasteiger partial charge on any atom is 0.0703 e. The first-order valence-electron chi connectivity index (χ1n) is 4.65. The standard InChI is InChI=1S/C12H10N2/c1-2-7-12-10(5-1)9-11-6-3-4-8-13-14(11)12/h1-9,13H. The second kappa shape index (κ2) is 2.77. The van der Waals surface area contributed by atoms with Gasteiger partial charge in [-0.3, -0.25) is 4.68 Å². The Balaban J connectivity index is 2.37. The van der Waals surface area contributed by atoms with Gasteiger partial charge in [0.2, 0.25) is 0 Å². The van der Waals surface area contributed by atoms with Crippen LogP contribution in [-0.2, 0) is 0 Å². The van der Waals surface area contributed by atoms with Crippen LogP contribution in [0.1, 0.15) is 5.69 Å². The molecule has 1 aliphatic rings. The average molecular weight is 182 g/mol. The maximum atomic E-state index is 3.22. The van der Waals surface area contributed by atoms with E-state index in [1.54, 1.807) is 0 Å². The zero-order valence-corrected chi connectivity index (χ0v) is 7.64. The summed E-state index contributed by atoms with van der Waals surface area (Å²) in [5.41, 5.74) is 5.61. The molecule has 0 unspecified atom stereocenters. The minimum atomic E-state index is 1.18. The Morgan fingerprint density at radius 2 is 2.00 bits per heavy atom. The Labute approximate surface area is 82.1 Å². The van der Waals surface area contributed by atoms with Gasteiger partial charge in [-0.05, 0) is 24.3 Å². The fourth-order valence-corrected chi connectivity index (χ4v) is 1.77. The largest absolute Gasteiger partial charge is 0.301 e. The highest BCUT2D eigenvalue weighted by atomic mass is 15.4. The van der Waals surface area contributed by atoms with Gasteiger partial charge in [-0.25, -0.2) is 0 Å². The summed E-state index contributed by atoms with van der Waals surface area (Å²) in [6, 6.07) is 10.5. The van der Waals surface area contributed by atoms with Crippen LogP contribution in [-0.4, -0.2) is 4.68 Å². The molecule has 0 amide bonds. The molecule has 2 nitrogen and oxygen atoms in total. The molecule has 0 spiro atoms. The van der Waals surface area contributed by atoms with Gasteiger partial charge in [0.1, 0.15) is 0 Å². The summed E-state index contributed by atoms with van der Waals surface area (Å²) in [7, 11) is 0. The van der Waals surface area contributed by atoms with Crippen molar-refractivity contribution in [1.29, 1.82) is 0 Å². The summed E-state index contributed by atoms with van der Waals surface area (Å²) in [6.07, 6.45) is 8.04. The molecule has 1 N–H and O–H groups in total.